The predicted molar refractivity (Wildman–Crippen MR) is 196 cm³/mol. The van der Waals surface area contributed by atoms with Gasteiger partial charge in [0.2, 0.25) is 0 Å². The van der Waals surface area contributed by atoms with Gasteiger partial charge in [-0.15, -0.1) is 10.2 Å². The molecule has 2 heterocycles. The monoisotopic (exact) mass is 666 g/mol. The Morgan fingerprint density at radius 2 is 1.69 bits per heavy atom. The topological polar surface area (TPSA) is 124 Å². The number of benzene rings is 3. The molecule has 0 bridgehead atoms. The average Bonchev–Trinajstić information content (AvgIpc) is 3.59. The van der Waals surface area contributed by atoms with E-state index in [-0.39, 0.29) is 11.9 Å². The Balaban J connectivity index is 1.62. The molecule has 0 spiro atoms. The molecule has 3 N–H and O–H groups in total. The zero-order valence-corrected chi connectivity index (χ0v) is 29.6. The summed E-state index contributed by atoms with van der Waals surface area (Å²) in [6, 6.07) is 23.2. The standard InChI is InChI=1S/C37H46N8O2S/c1-7-10-21-39-36-44(24-25-17-13-11-14-18-25)29-23-30(47-27(8-2)9-3)28(22-31(29)48-36)41-42-32-33(37(4,5)6)43-45(34(32)38)35(46)40-26-19-15-12-16-20-26/h11-20,22-23,27H,7-10,21,24,38H2,1-6H3,(H,40,46). The molecular formula is C37H46N8O2S. The van der Waals surface area contributed by atoms with Gasteiger partial charge in [-0.25, -0.2) is 4.79 Å². The van der Waals surface area contributed by atoms with E-state index in [2.05, 4.69) is 71.2 Å². The fourth-order valence-electron chi connectivity index (χ4n) is 5.25. The number of azo groups is 1. The summed E-state index contributed by atoms with van der Waals surface area (Å²) in [6.45, 7) is 13.9. The normalized spacial score (nSPS) is 12.4. The number of hydrogen-bond donors (Lipinski definition) is 2. The maximum Gasteiger partial charge on any atom is 0.348 e. The average molecular weight is 667 g/mol. The molecule has 0 unspecified atom stereocenters. The van der Waals surface area contributed by atoms with E-state index in [1.165, 1.54) is 5.56 Å². The van der Waals surface area contributed by atoms with E-state index >= 15 is 0 Å². The summed E-state index contributed by atoms with van der Waals surface area (Å²) in [6.07, 6.45) is 3.80. The lowest BCUT2D eigenvalue weighted by Crippen LogP contribution is -2.23. The van der Waals surface area contributed by atoms with Crippen LogP contribution in [0.15, 0.2) is 88.0 Å². The fourth-order valence-corrected chi connectivity index (χ4v) is 6.32. The number of para-hydroxylation sites is 1. The Bertz CT molecular complexity index is 1930. The number of aromatic nitrogens is 3. The number of fused-ring (bicyclic) bond motifs is 1. The number of carbonyl (C=O) groups excluding carboxylic acids is 1. The number of hydrogen-bond acceptors (Lipinski definition) is 8. The zero-order valence-electron chi connectivity index (χ0n) is 28.7. The molecule has 0 aliphatic carbocycles. The summed E-state index contributed by atoms with van der Waals surface area (Å²) < 4.78 is 11.0. The quantitative estimate of drug-likeness (QED) is 0.102. The second-order valence-corrected chi connectivity index (χ2v) is 13.8. The number of unbranched alkanes of at least 4 members (excludes halogenated alkanes) is 1. The van der Waals surface area contributed by atoms with Gasteiger partial charge in [0.25, 0.3) is 0 Å². The lowest BCUT2D eigenvalue weighted by molar-refractivity contribution is 0.194. The number of nitrogens with zero attached hydrogens (tertiary/aromatic N) is 6. The molecule has 3 aromatic carbocycles. The van der Waals surface area contributed by atoms with Crippen molar-refractivity contribution in [3.63, 3.8) is 0 Å². The summed E-state index contributed by atoms with van der Waals surface area (Å²) >= 11 is 1.63. The number of nitrogens with one attached hydrogen (secondary N) is 1. The van der Waals surface area contributed by atoms with Crippen LogP contribution in [-0.2, 0) is 12.0 Å². The van der Waals surface area contributed by atoms with Crippen molar-refractivity contribution in [2.24, 2.45) is 15.2 Å². The van der Waals surface area contributed by atoms with Gasteiger partial charge in [0.05, 0.1) is 28.6 Å². The molecule has 0 saturated heterocycles. The van der Waals surface area contributed by atoms with Gasteiger partial charge in [0.15, 0.2) is 16.3 Å². The first kappa shape index (κ1) is 34.6. The van der Waals surface area contributed by atoms with Crippen molar-refractivity contribution in [3.8, 4) is 5.75 Å². The molecular weight excluding hydrogens is 621 g/mol. The van der Waals surface area contributed by atoms with Crippen LogP contribution in [0.3, 0.4) is 0 Å². The smallest absolute Gasteiger partial charge is 0.348 e. The van der Waals surface area contributed by atoms with Crippen molar-refractivity contribution in [3.05, 3.63) is 88.9 Å². The third kappa shape index (κ3) is 8.02. The Kier molecular flexibility index (Phi) is 11.1. The van der Waals surface area contributed by atoms with Gasteiger partial charge in [-0.2, -0.15) is 9.78 Å². The van der Waals surface area contributed by atoms with E-state index in [0.717, 1.165) is 51.9 Å². The van der Waals surface area contributed by atoms with Crippen LogP contribution in [0.25, 0.3) is 10.2 Å². The van der Waals surface area contributed by atoms with Crippen molar-refractivity contribution in [1.82, 2.24) is 14.3 Å². The number of nitrogens with two attached hydrogens (primary N) is 1. The van der Waals surface area contributed by atoms with Gasteiger partial charge in [-0.05, 0) is 43.0 Å². The Labute approximate surface area is 286 Å². The molecule has 0 aliphatic rings. The van der Waals surface area contributed by atoms with E-state index in [9.17, 15) is 4.79 Å². The van der Waals surface area contributed by atoms with E-state index < -0.39 is 11.4 Å². The van der Waals surface area contributed by atoms with Crippen LogP contribution in [0.2, 0.25) is 0 Å². The predicted octanol–water partition coefficient (Wildman–Crippen LogP) is 9.59. The van der Waals surface area contributed by atoms with Crippen molar-refractivity contribution in [2.75, 3.05) is 17.6 Å². The summed E-state index contributed by atoms with van der Waals surface area (Å²) in [4.78, 5) is 19.2. The van der Waals surface area contributed by atoms with E-state index in [1.54, 1.807) is 23.5 Å². The van der Waals surface area contributed by atoms with E-state index in [4.69, 9.17) is 20.6 Å². The summed E-state index contributed by atoms with van der Waals surface area (Å²) in [5.74, 6) is 0.735. The van der Waals surface area contributed by atoms with Crippen LogP contribution in [0.5, 0.6) is 5.75 Å². The first-order valence-electron chi connectivity index (χ1n) is 16.7. The van der Waals surface area contributed by atoms with Crippen molar-refractivity contribution in [1.29, 1.82) is 0 Å². The number of anilines is 2. The molecule has 48 heavy (non-hydrogen) atoms. The minimum atomic E-state index is -0.481. The van der Waals surface area contributed by atoms with Crippen molar-refractivity contribution >= 4 is 50.5 Å². The van der Waals surface area contributed by atoms with Crippen LogP contribution in [0.1, 0.15) is 78.5 Å². The Hall–Kier alpha value is -4.77. The SMILES string of the molecule is CCCCN=c1sc2cc(N=Nc3c(C(C)(C)C)nn(C(=O)Nc4ccccc4)c3N)c(OC(CC)CC)cc2n1Cc1ccccc1. The summed E-state index contributed by atoms with van der Waals surface area (Å²) in [5, 5.41) is 16.9. The number of ether oxygens (including phenoxy) is 1. The Morgan fingerprint density at radius 1 is 1.00 bits per heavy atom. The number of nitrogen functional groups attached to an aromatic ring is 1. The molecule has 10 nitrogen and oxygen atoms in total. The summed E-state index contributed by atoms with van der Waals surface area (Å²) in [5.41, 5.74) is 10.4. The lowest BCUT2D eigenvalue weighted by Gasteiger charge is -2.17. The van der Waals surface area contributed by atoms with Gasteiger partial charge in [0, 0.05) is 23.7 Å². The second kappa shape index (κ2) is 15.4. The lowest BCUT2D eigenvalue weighted by atomic mass is 9.91. The number of amides is 1. The van der Waals surface area contributed by atoms with Gasteiger partial charge >= 0.3 is 6.03 Å². The highest BCUT2D eigenvalue weighted by molar-refractivity contribution is 7.16. The molecule has 0 saturated carbocycles. The largest absolute Gasteiger partial charge is 0.488 e. The minimum absolute atomic E-state index is 0.00552. The molecule has 0 radical (unpaired) electrons. The maximum absolute atomic E-state index is 13.3. The van der Waals surface area contributed by atoms with Gasteiger partial charge < -0.3 is 20.4 Å². The highest BCUT2D eigenvalue weighted by Crippen LogP contribution is 2.40. The van der Waals surface area contributed by atoms with E-state index in [0.29, 0.717) is 35.1 Å². The fraction of sp³-hybridized carbons (Fsp3) is 0.378. The van der Waals surface area contributed by atoms with Gasteiger partial charge in [-0.3, -0.25) is 4.99 Å². The number of thiazole rings is 1. The first-order chi connectivity index (χ1) is 23.1. The Morgan fingerprint density at radius 3 is 2.33 bits per heavy atom. The van der Waals surface area contributed by atoms with Crippen LogP contribution >= 0.6 is 11.3 Å². The molecule has 11 heteroatoms. The molecule has 5 aromatic rings. The maximum atomic E-state index is 13.3. The molecule has 0 fully saturated rings. The minimum Gasteiger partial charge on any atom is -0.488 e. The third-order valence-corrected chi connectivity index (χ3v) is 9.07. The molecule has 252 valence electrons. The third-order valence-electron chi connectivity index (χ3n) is 7.99. The van der Waals surface area contributed by atoms with Crippen molar-refractivity contribution < 1.29 is 9.53 Å². The molecule has 2 aromatic heterocycles. The number of rotatable bonds is 12. The van der Waals surface area contributed by atoms with Gasteiger partial charge in [-0.1, -0.05) is 108 Å². The molecule has 0 atom stereocenters. The highest BCUT2D eigenvalue weighted by Gasteiger charge is 2.28. The van der Waals surface area contributed by atoms with Crippen LogP contribution in [0, 0.1) is 0 Å². The molecule has 0 aliphatic heterocycles. The van der Waals surface area contributed by atoms with Crippen LogP contribution < -0.4 is 20.6 Å². The highest BCUT2D eigenvalue weighted by atomic mass is 32.1. The second-order valence-electron chi connectivity index (χ2n) is 12.8. The first-order valence-corrected chi connectivity index (χ1v) is 17.5. The zero-order chi connectivity index (χ0) is 34.3. The van der Waals surface area contributed by atoms with Gasteiger partial charge in [0.1, 0.15) is 11.4 Å². The van der Waals surface area contributed by atoms with Crippen LogP contribution in [0.4, 0.5) is 27.7 Å². The molecule has 5 rings (SSSR count). The van der Waals surface area contributed by atoms with Crippen molar-refractivity contribution in [2.45, 2.75) is 85.3 Å². The molecule has 1 amide bonds. The van der Waals surface area contributed by atoms with Crippen LogP contribution in [-0.4, -0.2) is 33.0 Å². The number of carbonyl (C=O) groups is 1. The van der Waals surface area contributed by atoms with E-state index in [1.807, 2.05) is 51.1 Å². The summed E-state index contributed by atoms with van der Waals surface area (Å²) in [7, 11) is 0.